The SMILES string of the molecule is O=C(NCCCC[CH]B(O)O)NC1CCCCC1. The van der Waals surface area contributed by atoms with E-state index in [4.69, 9.17) is 10.0 Å². The fourth-order valence-electron chi connectivity index (χ4n) is 2.22. The first-order chi connectivity index (χ1) is 8.68. The third-order valence-electron chi connectivity index (χ3n) is 3.23. The van der Waals surface area contributed by atoms with Crippen LogP contribution in [-0.4, -0.2) is 35.8 Å². The van der Waals surface area contributed by atoms with Gasteiger partial charge in [-0.1, -0.05) is 32.1 Å². The number of amides is 2. The molecule has 4 N–H and O–H groups in total. The van der Waals surface area contributed by atoms with Gasteiger partial charge < -0.3 is 20.7 Å². The van der Waals surface area contributed by atoms with Gasteiger partial charge in [0.05, 0.1) is 0 Å². The summed E-state index contributed by atoms with van der Waals surface area (Å²) >= 11 is 0. The Kier molecular flexibility index (Phi) is 7.84. The van der Waals surface area contributed by atoms with Gasteiger partial charge in [0.25, 0.3) is 0 Å². The number of urea groups is 1. The number of rotatable bonds is 7. The lowest BCUT2D eigenvalue weighted by Crippen LogP contribution is -2.43. The number of hydrogen-bond acceptors (Lipinski definition) is 3. The Hall–Kier alpha value is -0.745. The van der Waals surface area contributed by atoms with E-state index in [0.29, 0.717) is 19.0 Å². The van der Waals surface area contributed by atoms with Crippen molar-refractivity contribution in [1.82, 2.24) is 10.6 Å². The minimum absolute atomic E-state index is 0.0759. The molecule has 0 saturated heterocycles. The van der Waals surface area contributed by atoms with Crippen LogP contribution in [0.4, 0.5) is 4.79 Å². The van der Waals surface area contributed by atoms with E-state index in [2.05, 4.69) is 10.6 Å². The molecule has 1 fully saturated rings. The van der Waals surface area contributed by atoms with Crippen molar-refractivity contribution in [2.75, 3.05) is 6.54 Å². The summed E-state index contributed by atoms with van der Waals surface area (Å²) in [6, 6.07) is 0.268. The lowest BCUT2D eigenvalue weighted by molar-refractivity contribution is 0.232. The maximum absolute atomic E-state index is 11.5. The average Bonchev–Trinajstić information content (AvgIpc) is 2.34. The zero-order valence-electron chi connectivity index (χ0n) is 10.9. The summed E-state index contributed by atoms with van der Waals surface area (Å²) in [5, 5.41) is 23.0. The van der Waals surface area contributed by atoms with E-state index < -0.39 is 7.12 Å². The Morgan fingerprint density at radius 2 is 1.94 bits per heavy atom. The number of nitrogens with one attached hydrogen (secondary N) is 2. The van der Waals surface area contributed by atoms with Gasteiger partial charge in [0.15, 0.2) is 0 Å². The van der Waals surface area contributed by atoms with Gasteiger partial charge in [-0.25, -0.2) is 4.79 Å². The highest BCUT2D eigenvalue weighted by molar-refractivity contribution is 6.45. The highest BCUT2D eigenvalue weighted by Gasteiger charge is 2.14. The lowest BCUT2D eigenvalue weighted by Gasteiger charge is -2.22. The molecular formula is C12H24BN2O3. The van der Waals surface area contributed by atoms with E-state index in [1.165, 1.54) is 25.6 Å². The molecule has 1 aliphatic carbocycles. The molecule has 0 unspecified atom stereocenters. The first kappa shape index (κ1) is 15.3. The maximum atomic E-state index is 11.5. The Morgan fingerprint density at radius 3 is 2.61 bits per heavy atom. The second-order valence-corrected chi connectivity index (χ2v) is 4.88. The Balaban J connectivity index is 1.93. The van der Waals surface area contributed by atoms with E-state index in [0.717, 1.165) is 25.7 Å². The molecule has 0 heterocycles. The third-order valence-corrected chi connectivity index (χ3v) is 3.23. The Morgan fingerprint density at radius 1 is 1.22 bits per heavy atom. The molecule has 0 aliphatic heterocycles. The summed E-state index contributed by atoms with van der Waals surface area (Å²) in [6.07, 6.45) is 9.70. The van der Waals surface area contributed by atoms with Crippen molar-refractivity contribution in [2.45, 2.75) is 57.4 Å². The monoisotopic (exact) mass is 255 g/mol. The molecule has 0 spiro atoms. The molecule has 0 atom stereocenters. The summed E-state index contributed by atoms with van der Waals surface area (Å²) < 4.78 is 0. The number of carbonyl (C=O) groups is 1. The minimum atomic E-state index is -1.33. The van der Waals surface area contributed by atoms with Gasteiger partial charge >= 0.3 is 13.1 Å². The van der Waals surface area contributed by atoms with Gasteiger partial charge in [-0.05, 0) is 25.6 Å². The Bertz CT molecular complexity index is 233. The van der Waals surface area contributed by atoms with Crippen LogP contribution in [0.3, 0.4) is 0 Å². The molecule has 1 aliphatic rings. The van der Waals surface area contributed by atoms with Crippen molar-refractivity contribution in [2.24, 2.45) is 0 Å². The second kappa shape index (κ2) is 9.22. The lowest BCUT2D eigenvalue weighted by atomic mass is 9.83. The fraction of sp³-hybridized carbons (Fsp3) is 0.833. The predicted octanol–water partition coefficient (Wildman–Crippen LogP) is 1.00. The third kappa shape index (κ3) is 7.56. The standard InChI is InChI=1S/C12H24BN2O3/c16-12(15-11-7-3-1-4-8-11)14-10-6-2-5-9-13(17)18/h9,11,17-18H,1-8,10H2,(H2,14,15,16). The van der Waals surface area contributed by atoms with Crippen LogP contribution < -0.4 is 10.6 Å². The largest absolute Gasteiger partial charge is 0.454 e. The van der Waals surface area contributed by atoms with Crippen LogP contribution in [0, 0.1) is 6.32 Å². The van der Waals surface area contributed by atoms with Gasteiger partial charge in [-0.3, -0.25) is 0 Å². The molecular weight excluding hydrogens is 231 g/mol. The predicted molar refractivity (Wildman–Crippen MR) is 71.8 cm³/mol. The number of hydrogen-bond donors (Lipinski definition) is 4. The van der Waals surface area contributed by atoms with Crippen LogP contribution in [0.15, 0.2) is 0 Å². The summed E-state index contributed by atoms with van der Waals surface area (Å²) in [6.45, 7) is 0.633. The molecule has 1 radical (unpaired) electrons. The fourth-order valence-corrected chi connectivity index (χ4v) is 2.22. The highest BCUT2D eigenvalue weighted by Crippen LogP contribution is 2.17. The van der Waals surface area contributed by atoms with Crippen LogP contribution in [0.5, 0.6) is 0 Å². The molecule has 2 amide bonds. The van der Waals surface area contributed by atoms with Crippen LogP contribution in [0.1, 0.15) is 51.4 Å². The van der Waals surface area contributed by atoms with Gasteiger partial charge in [0.2, 0.25) is 0 Å². The van der Waals surface area contributed by atoms with Gasteiger partial charge in [0.1, 0.15) is 0 Å². The summed E-state index contributed by atoms with van der Waals surface area (Å²) in [4.78, 5) is 11.5. The molecule has 0 bridgehead atoms. The minimum Gasteiger partial charge on any atom is -0.427 e. The summed E-state index contributed by atoms with van der Waals surface area (Å²) in [7, 11) is -1.33. The van der Waals surface area contributed by atoms with E-state index in [9.17, 15) is 4.79 Å². The van der Waals surface area contributed by atoms with Crippen molar-refractivity contribution in [3.05, 3.63) is 6.32 Å². The zero-order valence-corrected chi connectivity index (χ0v) is 10.9. The second-order valence-electron chi connectivity index (χ2n) is 4.88. The van der Waals surface area contributed by atoms with Crippen LogP contribution in [0.25, 0.3) is 0 Å². The molecule has 6 heteroatoms. The number of unbranched alkanes of at least 4 members (excludes halogenated alkanes) is 2. The molecule has 0 aromatic heterocycles. The highest BCUT2D eigenvalue weighted by atomic mass is 16.4. The summed E-state index contributed by atoms with van der Waals surface area (Å²) in [5.41, 5.74) is 0. The van der Waals surface area contributed by atoms with Crippen molar-refractivity contribution < 1.29 is 14.8 Å². The normalized spacial score (nSPS) is 16.3. The van der Waals surface area contributed by atoms with Crippen molar-refractivity contribution in [1.29, 1.82) is 0 Å². The maximum Gasteiger partial charge on any atom is 0.454 e. The van der Waals surface area contributed by atoms with E-state index in [-0.39, 0.29) is 6.03 Å². The molecule has 0 aromatic rings. The van der Waals surface area contributed by atoms with Crippen molar-refractivity contribution in [3.8, 4) is 0 Å². The molecule has 1 saturated carbocycles. The van der Waals surface area contributed by atoms with Gasteiger partial charge in [-0.2, -0.15) is 0 Å². The first-order valence-corrected chi connectivity index (χ1v) is 6.92. The van der Waals surface area contributed by atoms with Crippen LogP contribution >= 0.6 is 0 Å². The molecule has 0 aromatic carbocycles. The van der Waals surface area contributed by atoms with E-state index in [1.807, 2.05) is 0 Å². The topological polar surface area (TPSA) is 81.6 Å². The van der Waals surface area contributed by atoms with E-state index in [1.54, 1.807) is 0 Å². The smallest absolute Gasteiger partial charge is 0.427 e. The molecule has 1 rings (SSSR count). The average molecular weight is 255 g/mol. The number of carbonyl (C=O) groups excluding carboxylic acids is 1. The van der Waals surface area contributed by atoms with E-state index >= 15 is 0 Å². The van der Waals surface area contributed by atoms with Crippen molar-refractivity contribution in [3.63, 3.8) is 0 Å². The quantitative estimate of drug-likeness (QED) is 0.404. The van der Waals surface area contributed by atoms with Gasteiger partial charge in [0, 0.05) is 12.6 Å². The van der Waals surface area contributed by atoms with Crippen molar-refractivity contribution >= 4 is 13.1 Å². The zero-order chi connectivity index (χ0) is 13.2. The van der Waals surface area contributed by atoms with Gasteiger partial charge in [-0.15, -0.1) is 0 Å². The molecule has 103 valence electrons. The Labute approximate surface area is 109 Å². The first-order valence-electron chi connectivity index (χ1n) is 6.92. The summed E-state index contributed by atoms with van der Waals surface area (Å²) in [5.74, 6) is 0. The molecule has 18 heavy (non-hydrogen) atoms. The van der Waals surface area contributed by atoms with Crippen LogP contribution in [-0.2, 0) is 0 Å². The molecule has 5 nitrogen and oxygen atoms in total. The van der Waals surface area contributed by atoms with Crippen LogP contribution in [0.2, 0.25) is 0 Å².